The predicted molar refractivity (Wildman–Crippen MR) is 185 cm³/mol. The largest absolute Gasteiger partial charge is 0.508 e. The molecule has 3 N–H and O–H groups in total. The molecule has 50 heavy (non-hydrogen) atoms. The van der Waals surface area contributed by atoms with E-state index in [1.165, 1.54) is 30.3 Å². The van der Waals surface area contributed by atoms with Crippen molar-refractivity contribution >= 4 is 27.5 Å². The van der Waals surface area contributed by atoms with Crippen molar-refractivity contribution in [2.45, 2.75) is 88.1 Å². The molecular formula is C39H40F3N5O3. The lowest BCUT2D eigenvalue weighted by Crippen LogP contribution is -2.52. The minimum atomic E-state index is -0.969. The van der Waals surface area contributed by atoms with Gasteiger partial charge < -0.3 is 25.2 Å². The van der Waals surface area contributed by atoms with Crippen LogP contribution in [0.25, 0.3) is 32.8 Å². The van der Waals surface area contributed by atoms with Crippen LogP contribution < -0.4 is 15.0 Å². The summed E-state index contributed by atoms with van der Waals surface area (Å²) in [5, 5.41) is 25.6. The minimum absolute atomic E-state index is 0.0155. The number of terminal acetylenes is 1. The Morgan fingerprint density at radius 3 is 2.40 bits per heavy atom. The predicted octanol–water partition coefficient (Wildman–Crippen LogP) is 6.03. The van der Waals surface area contributed by atoms with Gasteiger partial charge in [0.1, 0.15) is 28.7 Å². The van der Waals surface area contributed by atoms with Gasteiger partial charge in [0.15, 0.2) is 5.82 Å². The van der Waals surface area contributed by atoms with Gasteiger partial charge in [-0.1, -0.05) is 12.0 Å². The van der Waals surface area contributed by atoms with E-state index in [-0.39, 0.29) is 56.7 Å². The third-order valence-corrected chi connectivity index (χ3v) is 11.9. The molecule has 4 unspecified atom stereocenters. The van der Waals surface area contributed by atoms with Crippen molar-refractivity contribution in [2.24, 2.45) is 5.41 Å². The van der Waals surface area contributed by atoms with Crippen molar-refractivity contribution in [2.75, 3.05) is 31.1 Å². The first-order valence-electron chi connectivity index (χ1n) is 17.7. The minimum Gasteiger partial charge on any atom is -0.508 e. The second-order valence-corrected chi connectivity index (χ2v) is 15.7. The van der Waals surface area contributed by atoms with E-state index in [1.807, 2.05) is 6.92 Å². The first kappa shape index (κ1) is 31.8. The van der Waals surface area contributed by atoms with E-state index in [4.69, 9.17) is 16.1 Å². The quantitative estimate of drug-likeness (QED) is 0.204. The van der Waals surface area contributed by atoms with E-state index >= 15 is 8.78 Å². The standard InChI is InChI=1S/C39H40F3N5O3/c1-3-27-30(40)9-4-21-12-26(48)13-28(32(21)27)33-31(41)14-29-35(34(33)42)44-37(45-36(29)46-17-22-5-6-23(18-46)43-22)50-20-39(10-11-39)19-47-24-7-8-25(47)16-38(2,49)15-24/h1,4,9,12-14,22-25,43,48-49H,5-8,10-11,15-20H2,2H3. The van der Waals surface area contributed by atoms with Crippen LogP contribution in [-0.4, -0.2) is 81.1 Å². The number of phenols is 1. The molecular weight excluding hydrogens is 643 g/mol. The Bertz CT molecular complexity index is 2070. The molecule has 4 bridgehead atoms. The van der Waals surface area contributed by atoms with Crippen LogP contribution in [0.2, 0.25) is 0 Å². The Morgan fingerprint density at radius 2 is 1.72 bits per heavy atom. The fourth-order valence-electron chi connectivity index (χ4n) is 9.39. The van der Waals surface area contributed by atoms with Gasteiger partial charge in [0.05, 0.1) is 23.3 Å². The summed E-state index contributed by atoms with van der Waals surface area (Å²) in [5.74, 6) is -0.0975. The fraction of sp³-hybridized carbons (Fsp3) is 0.487. The number of piperazine rings is 1. The number of aliphatic hydroxyl groups is 1. The van der Waals surface area contributed by atoms with Crippen LogP contribution in [0.4, 0.5) is 19.0 Å². The number of piperidine rings is 1. The van der Waals surface area contributed by atoms with Crippen LogP contribution in [0, 0.1) is 35.2 Å². The molecule has 5 heterocycles. The lowest BCUT2D eigenvalue weighted by Gasteiger charge is -2.43. The third kappa shape index (κ3) is 5.35. The summed E-state index contributed by atoms with van der Waals surface area (Å²) in [4.78, 5) is 14.0. The molecule has 4 saturated heterocycles. The van der Waals surface area contributed by atoms with E-state index in [1.54, 1.807) is 0 Å². The molecule has 11 heteroatoms. The Balaban J connectivity index is 1.12. The van der Waals surface area contributed by atoms with E-state index < -0.39 is 28.6 Å². The highest BCUT2D eigenvalue weighted by molar-refractivity contribution is 6.04. The number of fused-ring (bicyclic) bond motifs is 6. The highest BCUT2D eigenvalue weighted by Gasteiger charge is 2.52. The van der Waals surface area contributed by atoms with Gasteiger partial charge in [-0.15, -0.1) is 6.42 Å². The number of ether oxygens (including phenoxy) is 1. The van der Waals surface area contributed by atoms with Gasteiger partial charge in [0, 0.05) is 65.6 Å². The second kappa shape index (κ2) is 11.5. The number of anilines is 1. The number of phenolic OH excluding ortho intramolecular Hbond substituents is 1. The summed E-state index contributed by atoms with van der Waals surface area (Å²) >= 11 is 0. The van der Waals surface area contributed by atoms with Crippen LogP contribution in [0.3, 0.4) is 0 Å². The number of nitrogens with zero attached hydrogens (tertiary/aromatic N) is 4. The number of halogens is 3. The van der Waals surface area contributed by atoms with Crippen LogP contribution in [0.5, 0.6) is 11.8 Å². The van der Waals surface area contributed by atoms with Gasteiger partial charge in [-0.2, -0.15) is 9.97 Å². The fourth-order valence-corrected chi connectivity index (χ4v) is 9.39. The summed E-state index contributed by atoms with van der Waals surface area (Å²) in [6.45, 7) is 4.41. The second-order valence-electron chi connectivity index (χ2n) is 15.7. The number of aromatic hydroxyl groups is 1. The molecule has 8 nitrogen and oxygen atoms in total. The van der Waals surface area contributed by atoms with Crippen molar-refractivity contribution in [3.8, 4) is 35.2 Å². The van der Waals surface area contributed by atoms with E-state index in [2.05, 4.69) is 26.0 Å². The molecule has 1 aliphatic carbocycles. The average Bonchev–Trinajstić information content (AvgIpc) is 3.70. The molecule has 0 amide bonds. The highest BCUT2D eigenvalue weighted by Crippen LogP contribution is 2.51. The molecule has 0 radical (unpaired) electrons. The average molecular weight is 684 g/mol. The Labute approximate surface area is 288 Å². The zero-order chi connectivity index (χ0) is 34.5. The number of hydrogen-bond acceptors (Lipinski definition) is 8. The molecule has 1 saturated carbocycles. The van der Waals surface area contributed by atoms with Crippen LogP contribution in [0.15, 0.2) is 30.3 Å². The van der Waals surface area contributed by atoms with Crippen molar-refractivity contribution < 1.29 is 28.1 Å². The SMILES string of the molecule is C#Cc1c(F)ccc2cc(O)cc(-c3c(F)cc4c(N5CC6CCC(C5)N6)nc(OCC5(CN6C7CCC6CC(C)(O)C7)CC5)nc4c3F)c12. The van der Waals surface area contributed by atoms with Crippen molar-refractivity contribution in [3.05, 3.63) is 53.3 Å². The number of rotatable bonds is 7. The molecule has 4 aliphatic heterocycles. The summed E-state index contributed by atoms with van der Waals surface area (Å²) in [5.41, 5.74) is -1.52. The number of aromatic nitrogens is 2. The smallest absolute Gasteiger partial charge is 0.319 e. The summed E-state index contributed by atoms with van der Waals surface area (Å²) in [7, 11) is 0. The lowest BCUT2D eigenvalue weighted by atomic mass is 9.87. The van der Waals surface area contributed by atoms with Crippen molar-refractivity contribution in [1.82, 2.24) is 20.2 Å². The highest BCUT2D eigenvalue weighted by atomic mass is 19.1. The van der Waals surface area contributed by atoms with E-state index in [0.29, 0.717) is 43.0 Å². The molecule has 1 aromatic heterocycles. The molecule has 4 aromatic rings. The maximum atomic E-state index is 17.0. The summed E-state index contributed by atoms with van der Waals surface area (Å²) < 4.78 is 54.6. The van der Waals surface area contributed by atoms with Gasteiger partial charge >= 0.3 is 6.01 Å². The van der Waals surface area contributed by atoms with Crippen LogP contribution >= 0.6 is 0 Å². The number of benzene rings is 3. The molecule has 5 aliphatic rings. The van der Waals surface area contributed by atoms with Gasteiger partial charge in [-0.25, -0.2) is 13.2 Å². The molecule has 4 atom stereocenters. The number of hydrogen-bond donors (Lipinski definition) is 3. The van der Waals surface area contributed by atoms with Gasteiger partial charge in [0.2, 0.25) is 0 Å². The number of nitrogens with one attached hydrogen (secondary N) is 1. The summed E-state index contributed by atoms with van der Waals surface area (Å²) in [6.07, 6.45) is 13.4. The normalized spacial score (nSPS) is 28.4. The Kier molecular flexibility index (Phi) is 7.29. The molecule has 5 fully saturated rings. The maximum Gasteiger partial charge on any atom is 0.319 e. The Hall–Kier alpha value is -4.11. The molecule has 0 spiro atoms. The van der Waals surface area contributed by atoms with Gasteiger partial charge in [-0.3, -0.25) is 4.90 Å². The topological polar surface area (TPSA) is 94.0 Å². The van der Waals surface area contributed by atoms with Crippen molar-refractivity contribution in [3.63, 3.8) is 0 Å². The van der Waals surface area contributed by atoms with Gasteiger partial charge in [-0.05, 0) is 87.9 Å². The monoisotopic (exact) mass is 683 g/mol. The third-order valence-electron chi connectivity index (χ3n) is 11.9. The van der Waals surface area contributed by atoms with E-state index in [0.717, 1.165) is 57.9 Å². The zero-order valence-corrected chi connectivity index (χ0v) is 28.0. The first-order valence-corrected chi connectivity index (χ1v) is 17.7. The van der Waals surface area contributed by atoms with Crippen molar-refractivity contribution in [1.29, 1.82) is 0 Å². The Morgan fingerprint density at radius 1 is 1.00 bits per heavy atom. The van der Waals surface area contributed by atoms with E-state index in [9.17, 15) is 14.6 Å². The lowest BCUT2D eigenvalue weighted by molar-refractivity contribution is -0.0461. The molecule has 3 aromatic carbocycles. The zero-order valence-electron chi connectivity index (χ0n) is 28.0. The molecule has 260 valence electrons. The first-order chi connectivity index (χ1) is 24.0. The molecule has 9 rings (SSSR count). The van der Waals surface area contributed by atoms with Gasteiger partial charge in [0.25, 0.3) is 0 Å². The maximum absolute atomic E-state index is 17.0. The van der Waals surface area contributed by atoms with Crippen LogP contribution in [0.1, 0.15) is 63.9 Å². The van der Waals surface area contributed by atoms with Crippen LogP contribution in [-0.2, 0) is 0 Å². The summed E-state index contributed by atoms with van der Waals surface area (Å²) in [6, 6.07) is 7.60.